The Bertz CT molecular complexity index is 559. The molecule has 0 aromatic heterocycles. The molecule has 142 valence electrons. The number of hydrogen-bond acceptors (Lipinski definition) is 4. The minimum absolute atomic E-state index is 0.355. The van der Waals surface area contributed by atoms with E-state index in [0.29, 0.717) is 35.8 Å². The maximum atomic E-state index is 5.53. The number of nitrogens with zero attached hydrogens (tertiary/aromatic N) is 1. The van der Waals surface area contributed by atoms with Crippen molar-refractivity contribution in [3.8, 4) is 17.2 Å². The van der Waals surface area contributed by atoms with Gasteiger partial charge in [0.05, 0.1) is 21.3 Å². The third kappa shape index (κ3) is 6.03. The van der Waals surface area contributed by atoms with Gasteiger partial charge in [-0.05, 0) is 32.3 Å². The second-order valence-electron chi connectivity index (χ2n) is 6.18. The molecule has 0 amide bonds. The summed E-state index contributed by atoms with van der Waals surface area (Å²) in [6.45, 7) is 10.1. The largest absolute Gasteiger partial charge is 0.493 e. The summed E-state index contributed by atoms with van der Waals surface area (Å²) in [7, 11) is 4.87. The molecule has 0 heterocycles. The summed E-state index contributed by atoms with van der Waals surface area (Å²) < 4.78 is 16.3. The topological polar surface area (TPSA) is 64.1 Å². The van der Waals surface area contributed by atoms with Crippen LogP contribution in [0.5, 0.6) is 17.2 Å². The summed E-state index contributed by atoms with van der Waals surface area (Å²) in [6.07, 6.45) is 0.746. The molecule has 1 atom stereocenters. The van der Waals surface area contributed by atoms with Crippen LogP contribution in [0.1, 0.15) is 33.3 Å². The summed E-state index contributed by atoms with van der Waals surface area (Å²) in [4.78, 5) is 4.67. The Balaban J connectivity index is 2.87. The van der Waals surface area contributed by atoms with E-state index >= 15 is 0 Å². The minimum Gasteiger partial charge on any atom is -0.493 e. The lowest BCUT2D eigenvalue weighted by atomic mass is 10.1. The van der Waals surface area contributed by atoms with E-state index in [1.165, 1.54) is 0 Å². The van der Waals surface area contributed by atoms with Gasteiger partial charge in [0, 0.05) is 24.7 Å². The lowest BCUT2D eigenvalue weighted by Gasteiger charge is -2.20. The van der Waals surface area contributed by atoms with Crippen molar-refractivity contribution in [2.24, 2.45) is 10.9 Å². The van der Waals surface area contributed by atoms with Crippen molar-refractivity contribution in [1.29, 1.82) is 0 Å². The predicted octanol–water partition coefficient (Wildman–Crippen LogP) is 2.85. The number of ether oxygens (including phenoxy) is 3. The Hall–Kier alpha value is -2.11. The molecule has 0 saturated carbocycles. The van der Waals surface area contributed by atoms with E-state index in [-0.39, 0.29) is 0 Å². The highest BCUT2D eigenvalue weighted by molar-refractivity contribution is 5.80. The first-order valence-electron chi connectivity index (χ1n) is 8.81. The molecule has 6 nitrogen and oxygen atoms in total. The predicted molar refractivity (Wildman–Crippen MR) is 103 cm³/mol. The second kappa shape index (κ2) is 10.7. The van der Waals surface area contributed by atoms with Crippen molar-refractivity contribution in [2.45, 2.75) is 40.2 Å². The molecule has 25 heavy (non-hydrogen) atoms. The third-order valence-electron chi connectivity index (χ3n) is 4.15. The Morgan fingerprint density at radius 2 is 1.72 bits per heavy atom. The molecule has 0 aliphatic rings. The van der Waals surface area contributed by atoms with E-state index in [9.17, 15) is 0 Å². The van der Waals surface area contributed by atoms with Gasteiger partial charge in [-0.3, -0.25) is 4.99 Å². The fourth-order valence-electron chi connectivity index (χ4n) is 2.35. The monoisotopic (exact) mass is 351 g/mol. The van der Waals surface area contributed by atoms with Crippen LogP contribution in [0.15, 0.2) is 17.1 Å². The molecule has 6 heteroatoms. The van der Waals surface area contributed by atoms with E-state index in [2.05, 4.69) is 43.3 Å². The van der Waals surface area contributed by atoms with Crippen molar-refractivity contribution < 1.29 is 14.2 Å². The molecule has 0 saturated heterocycles. The van der Waals surface area contributed by atoms with E-state index in [1.54, 1.807) is 21.3 Å². The number of aliphatic imine (C=N–C) groups is 1. The highest BCUT2D eigenvalue weighted by Crippen LogP contribution is 2.39. The van der Waals surface area contributed by atoms with Gasteiger partial charge in [-0.15, -0.1) is 0 Å². The summed E-state index contributed by atoms with van der Waals surface area (Å²) in [5, 5.41) is 6.72. The first-order chi connectivity index (χ1) is 12.0. The third-order valence-corrected chi connectivity index (χ3v) is 4.15. The van der Waals surface area contributed by atoms with E-state index < -0.39 is 0 Å². The first kappa shape index (κ1) is 20.9. The zero-order valence-corrected chi connectivity index (χ0v) is 16.6. The zero-order valence-electron chi connectivity index (χ0n) is 16.6. The average molecular weight is 351 g/mol. The molecule has 1 rings (SSSR count). The molecule has 0 radical (unpaired) electrons. The summed E-state index contributed by atoms with van der Waals surface area (Å²) in [5.41, 5.74) is 1.04. The van der Waals surface area contributed by atoms with Crippen molar-refractivity contribution in [3.63, 3.8) is 0 Å². The van der Waals surface area contributed by atoms with Gasteiger partial charge in [0.1, 0.15) is 0 Å². The normalized spacial score (nSPS) is 12.7. The van der Waals surface area contributed by atoms with Gasteiger partial charge in [0.2, 0.25) is 5.75 Å². The highest BCUT2D eigenvalue weighted by atomic mass is 16.5. The summed E-state index contributed by atoms with van der Waals surface area (Å²) in [5.74, 6) is 3.35. The zero-order chi connectivity index (χ0) is 18.8. The number of nitrogens with one attached hydrogen (secondary N) is 2. The molecular formula is C19H33N3O3. The number of methoxy groups -OCH3 is 3. The van der Waals surface area contributed by atoms with E-state index in [0.717, 1.165) is 24.5 Å². The highest BCUT2D eigenvalue weighted by Gasteiger charge is 2.15. The summed E-state index contributed by atoms with van der Waals surface area (Å²) >= 11 is 0. The first-order valence-corrected chi connectivity index (χ1v) is 8.81. The molecule has 0 spiro atoms. The van der Waals surface area contributed by atoms with Crippen LogP contribution in [0.2, 0.25) is 0 Å². The molecular weight excluding hydrogens is 318 g/mol. The molecule has 0 aliphatic carbocycles. The fraction of sp³-hybridized carbons (Fsp3) is 0.632. The Labute approximate surface area is 152 Å². The van der Waals surface area contributed by atoms with Gasteiger partial charge in [0.25, 0.3) is 0 Å². The maximum Gasteiger partial charge on any atom is 0.203 e. The Kier molecular flexibility index (Phi) is 8.95. The van der Waals surface area contributed by atoms with E-state index in [1.807, 2.05) is 12.1 Å². The smallest absolute Gasteiger partial charge is 0.203 e. The lowest BCUT2D eigenvalue weighted by Crippen LogP contribution is -2.44. The van der Waals surface area contributed by atoms with Crippen LogP contribution in [0, 0.1) is 5.92 Å². The van der Waals surface area contributed by atoms with Crippen molar-refractivity contribution in [2.75, 3.05) is 34.4 Å². The number of hydrogen-bond donors (Lipinski definition) is 2. The molecule has 0 aliphatic heterocycles. The van der Waals surface area contributed by atoms with Crippen molar-refractivity contribution >= 4 is 5.96 Å². The van der Waals surface area contributed by atoms with Crippen LogP contribution in [0.3, 0.4) is 0 Å². The second-order valence-corrected chi connectivity index (χ2v) is 6.18. The molecule has 0 fully saturated rings. The molecule has 1 aromatic rings. The van der Waals surface area contributed by atoms with E-state index in [4.69, 9.17) is 14.2 Å². The molecule has 0 bridgehead atoms. The molecule has 1 aromatic carbocycles. The van der Waals surface area contributed by atoms with Crippen molar-refractivity contribution in [3.05, 3.63) is 17.7 Å². The summed E-state index contributed by atoms with van der Waals surface area (Å²) in [6, 6.07) is 4.24. The average Bonchev–Trinajstić information content (AvgIpc) is 2.60. The van der Waals surface area contributed by atoms with Gasteiger partial charge < -0.3 is 24.8 Å². The van der Waals surface area contributed by atoms with Crippen LogP contribution in [-0.4, -0.2) is 46.4 Å². The van der Waals surface area contributed by atoms with Gasteiger partial charge in [-0.25, -0.2) is 0 Å². The SMILES string of the molecule is CCNC(=NCCc1ccc(OC)c(OC)c1OC)NC(C)C(C)C. The molecule has 1 unspecified atom stereocenters. The number of benzene rings is 1. The van der Waals surface area contributed by atoms with Gasteiger partial charge in [0.15, 0.2) is 17.5 Å². The fourth-order valence-corrected chi connectivity index (χ4v) is 2.35. The maximum absolute atomic E-state index is 5.53. The van der Waals surface area contributed by atoms with Crippen molar-refractivity contribution in [1.82, 2.24) is 10.6 Å². The van der Waals surface area contributed by atoms with Crippen LogP contribution >= 0.6 is 0 Å². The van der Waals surface area contributed by atoms with Gasteiger partial charge >= 0.3 is 0 Å². The van der Waals surface area contributed by atoms with Crippen LogP contribution in [0.25, 0.3) is 0 Å². The van der Waals surface area contributed by atoms with Crippen LogP contribution < -0.4 is 24.8 Å². The standard InChI is InChI=1S/C19H33N3O3/c1-8-20-19(22-14(4)13(2)3)21-12-11-15-9-10-16(23-5)18(25-7)17(15)24-6/h9-10,13-14H,8,11-12H2,1-7H3,(H2,20,21,22). The van der Waals surface area contributed by atoms with Gasteiger partial charge in [-0.2, -0.15) is 0 Å². The van der Waals surface area contributed by atoms with Crippen LogP contribution in [0.4, 0.5) is 0 Å². The molecule has 2 N–H and O–H groups in total. The Morgan fingerprint density at radius 1 is 1.04 bits per heavy atom. The lowest BCUT2D eigenvalue weighted by molar-refractivity contribution is 0.322. The van der Waals surface area contributed by atoms with Crippen LogP contribution in [-0.2, 0) is 6.42 Å². The Morgan fingerprint density at radius 3 is 2.24 bits per heavy atom. The number of guanidine groups is 1. The minimum atomic E-state index is 0.355. The van der Waals surface area contributed by atoms with Gasteiger partial charge in [-0.1, -0.05) is 19.9 Å². The number of rotatable bonds is 9. The quantitative estimate of drug-likeness (QED) is 0.529.